The van der Waals surface area contributed by atoms with Crippen LogP contribution in [0, 0.1) is 18.3 Å². The van der Waals surface area contributed by atoms with Gasteiger partial charge in [0.2, 0.25) is 0 Å². The first-order valence-electron chi connectivity index (χ1n) is 5.76. The lowest BCUT2D eigenvalue weighted by atomic mass is 10.1. The maximum absolute atomic E-state index is 12.6. The van der Waals surface area contributed by atoms with Gasteiger partial charge in [-0.2, -0.15) is 23.5 Å². The van der Waals surface area contributed by atoms with Crippen LogP contribution in [0.2, 0.25) is 0 Å². The minimum Gasteiger partial charge on any atom is -0.304 e. The highest BCUT2D eigenvalue weighted by atomic mass is 19.4. The molecule has 1 heterocycles. The number of hydrogen-bond acceptors (Lipinski definition) is 3. The quantitative estimate of drug-likeness (QED) is 0.893. The maximum atomic E-state index is 12.6. The normalized spacial score (nSPS) is 11.0. The molecule has 0 atom stereocenters. The van der Waals surface area contributed by atoms with Gasteiger partial charge in [0.05, 0.1) is 11.3 Å². The summed E-state index contributed by atoms with van der Waals surface area (Å²) < 4.78 is 37.8. The number of carbonyl (C=O) groups excluding carboxylic acids is 1. The number of alkyl halides is 3. The number of H-pyrrole nitrogens is 1. The van der Waals surface area contributed by atoms with Gasteiger partial charge in [-0.1, -0.05) is 6.07 Å². The van der Waals surface area contributed by atoms with Crippen molar-refractivity contribution in [1.29, 1.82) is 5.26 Å². The van der Waals surface area contributed by atoms with Crippen molar-refractivity contribution in [3.8, 4) is 6.07 Å². The molecule has 0 spiro atoms. The van der Waals surface area contributed by atoms with E-state index in [1.807, 2.05) is 6.07 Å². The molecule has 1 aromatic carbocycles. The van der Waals surface area contributed by atoms with Gasteiger partial charge < -0.3 is 5.32 Å². The van der Waals surface area contributed by atoms with Gasteiger partial charge in [0.15, 0.2) is 5.82 Å². The van der Waals surface area contributed by atoms with Crippen LogP contribution in [-0.2, 0) is 6.18 Å². The summed E-state index contributed by atoms with van der Waals surface area (Å²) in [5.74, 6) is -0.790. The molecule has 1 aromatic heterocycles. The standard InChI is InChI=1S/C13H9F3N4O/c1-7-10(6-17)11(20-19-7)18-12(21)8-3-2-4-9(5-8)13(14,15)16/h2-5H,1H3,(H2,18,19,20,21). The molecule has 8 heteroatoms. The molecule has 0 fully saturated rings. The summed E-state index contributed by atoms with van der Waals surface area (Å²) in [7, 11) is 0. The fourth-order valence-corrected chi connectivity index (χ4v) is 1.67. The highest BCUT2D eigenvalue weighted by Gasteiger charge is 2.31. The van der Waals surface area contributed by atoms with Crippen molar-refractivity contribution >= 4 is 11.7 Å². The van der Waals surface area contributed by atoms with Crippen LogP contribution in [0.5, 0.6) is 0 Å². The number of carbonyl (C=O) groups is 1. The first-order valence-corrected chi connectivity index (χ1v) is 5.76. The van der Waals surface area contributed by atoms with Crippen molar-refractivity contribution in [3.05, 3.63) is 46.6 Å². The van der Waals surface area contributed by atoms with Gasteiger partial charge in [0.25, 0.3) is 5.91 Å². The molecule has 0 aliphatic rings. The number of rotatable bonds is 2. The molecule has 0 aliphatic heterocycles. The molecule has 0 aliphatic carbocycles. The number of nitriles is 1. The van der Waals surface area contributed by atoms with E-state index in [9.17, 15) is 18.0 Å². The van der Waals surface area contributed by atoms with Gasteiger partial charge in [-0.3, -0.25) is 9.89 Å². The molecule has 0 bridgehead atoms. The van der Waals surface area contributed by atoms with Crippen LogP contribution in [0.3, 0.4) is 0 Å². The molecule has 5 nitrogen and oxygen atoms in total. The summed E-state index contributed by atoms with van der Waals surface area (Å²) in [5, 5.41) is 17.5. The zero-order chi connectivity index (χ0) is 15.6. The average Bonchev–Trinajstić information content (AvgIpc) is 2.78. The fourth-order valence-electron chi connectivity index (χ4n) is 1.67. The summed E-state index contributed by atoms with van der Waals surface area (Å²) in [4.78, 5) is 11.9. The number of aryl methyl sites for hydroxylation is 1. The maximum Gasteiger partial charge on any atom is 0.416 e. The van der Waals surface area contributed by atoms with E-state index >= 15 is 0 Å². The van der Waals surface area contributed by atoms with E-state index in [2.05, 4.69) is 15.5 Å². The van der Waals surface area contributed by atoms with Gasteiger partial charge in [-0.25, -0.2) is 0 Å². The van der Waals surface area contributed by atoms with Crippen molar-refractivity contribution < 1.29 is 18.0 Å². The topological polar surface area (TPSA) is 81.6 Å². The van der Waals surface area contributed by atoms with Gasteiger partial charge in [-0.15, -0.1) is 0 Å². The Morgan fingerprint density at radius 2 is 2.14 bits per heavy atom. The molecule has 0 saturated carbocycles. The lowest BCUT2D eigenvalue weighted by molar-refractivity contribution is -0.137. The minimum atomic E-state index is -4.53. The number of aromatic amines is 1. The van der Waals surface area contributed by atoms with E-state index in [1.165, 1.54) is 6.07 Å². The number of hydrogen-bond donors (Lipinski definition) is 2. The Bertz CT molecular complexity index is 728. The first kappa shape index (κ1) is 14.6. The molecule has 0 unspecified atom stereocenters. The third-order valence-corrected chi connectivity index (χ3v) is 2.74. The summed E-state index contributed by atoms with van der Waals surface area (Å²) in [5.41, 5.74) is -0.504. The van der Waals surface area contributed by atoms with Crippen molar-refractivity contribution in [1.82, 2.24) is 10.2 Å². The number of nitrogens with one attached hydrogen (secondary N) is 2. The second-order valence-electron chi connectivity index (χ2n) is 4.22. The summed E-state index contributed by atoms with van der Waals surface area (Å²) >= 11 is 0. The monoisotopic (exact) mass is 294 g/mol. The molecular weight excluding hydrogens is 285 g/mol. The number of amides is 1. The number of anilines is 1. The molecule has 1 amide bonds. The fraction of sp³-hybridized carbons (Fsp3) is 0.154. The van der Waals surface area contributed by atoms with Crippen LogP contribution >= 0.6 is 0 Å². The Kier molecular flexibility index (Phi) is 3.67. The van der Waals surface area contributed by atoms with Crippen molar-refractivity contribution in [3.63, 3.8) is 0 Å². The molecule has 21 heavy (non-hydrogen) atoms. The number of nitrogens with zero attached hydrogens (tertiary/aromatic N) is 2. The third kappa shape index (κ3) is 3.02. The largest absolute Gasteiger partial charge is 0.416 e. The Labute approximate surface area is 117 Å². The van der Waals surface area contributed by atoms with Crippen LogP contribution in [-0.4, -0.2) is 16.1 Å². The molecule has 2 rings (SSSR count). The first-order chi connectivity index (χ1) is 9.82. The van der Waals surface area contributed by atoms with Crippen molar-refractivity contribution in [2.75, 3.05) is 5.32 Å². The van der Waals surface area contributed by atoms with Crippen LogP contribution in [0.25, 0.3) is 0 Å². The molecule has 108 valence electrons. The number of halogens is 3. The zero-order valence-electron chi connectivity index (χ0n) is 10.7. The third-order valence-electron chi connectivity index (χ3n) is 2.74. The van der Waals surface area contributed by atoms with Crippen molar-refractivity contribution in [2.45, 2.75) is 13.1 Å². The van der Waals surface area contributed by atoms with Crippen LogP contribution in [0.1, 0.15) is 27.2 Å². The number of aromatic nitrogens is 2. The lowest BCUT2D eigenvalue weighted by Crippen LogP contribution is -2.14. The molecule has 2 aromatic rings. The van der Waals surface area contributed by atoms with Crippen LogP contribution < -0.4 is 5.32 Å². The van der Waals surface area contributed by atoms with Crippen molar-refractivity contribution in [2.24, 2.45) is 0 Å². The smallest absolute Gasteiger partial charge is 0.304 e. The van der Waals surface area contributed by atoms with E-state index in [4.69, 9.17) is 5.26 Å². The van der Waals surface area contributed by atoms with E-state index in [-0.39, 0.29) is 16.9 Å². The minimum absolute atomic E-state index is 0.0163. The van der Waals surface area contributed by atoms with E-state index in [0.29, 0.717) is 5.69 Å². The van der Waals surface area contributed by atoms with Gasteiger partial charge in [0.1, 0.15) is 11.6 Å². The van der Waals surface area contributed by atoms with Gasteiger partial charge in [-0.05, 0) is 25.1 Å². The Morgan fingerprint density at radius 1 is 1.43 bits per heavy atom. The summed E-state index contributed by atoms with van der Waals surface area (Å²) in [6.07, 6.45) is -4.53. The predicted octanol–water partition coefficient (Wildman–Crippen LogP) is 2.86. The van der Waals surface area contributed by atoms with Crippen LogP contribution in [0.4, 0.5) is 19.0 Å². The van der Waals surface area contributed by atoms with E-state index in [1.54, 1.807) is 6.92 Å². The highest BCUT2D eigenvalue weighted by molar-refractivity contribution is 6.04. The second-order valence-corrected chi connectivity index (χ2v) is 4.22. The lowest BCUT2D eigenvalue weighted by Gasteiger charge is -2.08. The number of benzene rings is 1. The molecular formula is C13H9F3N4O. The van der Waals surface area contributed by atoms with Gasteiger partial charge in [0, 0.05) is 5.56 Å². The Hall–Kier alpha value is -2.82. The van der Waals surface area contributed by atoms with Gasteiger partial charge >= 0.3 is 6.18 Å². The zero-order valence-corrected chi connectivity index (χ0v) is 10.7. The Morgan fingerprint density at radius 3 is 2.76 bits per heavy atom. The summed E-state index contributed by atoms with van der Waals surface area (Å²) in [6.45, 7) is 1.59. The second kappa shape index (κ2) is 5.28. The predicted molar refractivity (Wildman–Crippen MR) is 67.4 cm³/mol. The SMILES string of the molecule is Cc1[nH]nc(NC(=O)c2cccc(C(F)(F)F)c2)c1C#N. The molecule has 2 N–H and O–H groups in total. The summed E-state index contributed by atoms with van der Waals surface area (Å²) in [6, 6.07) is 5.84. The van der Waals surface area contributed by atoms with E-state index < -0.39 is 17.6 Å². The molecule has 0 saturated heterocycles. The average molecular weight is 294 g/mol. The highest BCUT2D eigenvalue weighted by Crippen LogP contribution is 2.29. The molecule has 0 radical (unpaired) electrons. The Balaban J connectivity index is 2.27. The van der Waals surface area contributed by atoms with Crippen LogP contribution in [0.15, 0.2) is 24.3 Å². The van der Waals surface area contributed by atoms with E-state index in [0.717, 1.165) is 18.2 Å².